The Labute approximate surface area is 176 Å². The number of nitrogens with zero attached hydrogens (tertiary/aromatic N) is 1. The van der Waals surface area contributed by atoms with Gasteiger partial charge in [0.05, 0.1) is 33.0 Å². The predicted octanol–water partition coefficient (Wildman–Crippen LogP) is -0.316. The van der Waals surface area contributed by atoms with Gasteiger partial charge in [0.25, 0.3) is 0 Å². The molecule has 0 aromatic heterocycles. The van der Waals surface area contributed by atoms with Crippen molar-refractivity contribution in [3.63, 3.8) is 0 Å². The molecule has 1 atom stereocenters. The number of alkyl carbamates (subject to hydrolysis) is 1. The average Bonchev–Trinajstić information content (AvgIpc) is 2.95. The standard InChI is InChI=1S/C19H33N3O8/c1-15-14-17(24)22(18(15)25)7-3-4-16(23)20-5-8-28-11-12-29-9-6-21-19(26)30-13-10-27-2/h15H,3-14H2,1-2H3,(H,20,23)(H,21,26). The summed E-state index contributed by atoms with van der Waals surface area (Å²) >= 11 is 0. The molecule has 1 heterocycles. The summed E-state index contributed by atoms with van der Waals surface area (Å²) in [4.78, 5) is 47.6. The molecule has 0 aromatic carbocycles. The van der Waals surface area contributed by atoms with Gasteiger partial charge in [-0.1, -0.05) is 6.92 Å². The number of methoxy groups -OCH3 is 1. The molecule has 4 amide bonds. The zero-order valence-corrected chi connectivity index (χ0v) is 17.8. The van der Waals surface area contributed by atoms with Crippen LogP contribution in [-0.4, -0.2) is 95.1 Å². The molecule has 0 saturated carbocycles. The molecule has 1 aliphatic heterocycles. The first kappa shape index (κ1) is 25.8. The maximum Gasteiger partial charge on any atom is 0.407 e. The topological polar surface area (TPSA) is 132 Å². The molecule has 0 bridgehead atoms. The van der Waals surface area contributed by atoms with Gasteiger partial charge in [0.1, 0.15) is 6.61 Å². The van der Waals surface area contributed by atoms with Gasteiger partial charge in [0.15, 0.2) is 0 Å². The third-order valence-electron chi connectivity index (χ3n) is 4.23. The summed E-state index contributed by atoms with van der Waals surface area (Å²) < 4.78 is 20.2. The highest BCUT2D eigenvalue weighted by Crippen LogP contribution is 2.18. The van der Waals surface area contributed by atoms with Crippen LogP contribution in [0.5, 0.6) is 0 Å². The molecule has 0 aromatic rings. The molecule has 11 nitrogen and oxygen atoms in total. The Balaban J connectivity index is 1.87. The maximum absolute atomic E-state index is 11.8. The number of imide groups is 1. The van der Waals surface area contributed by atoms with Crippen LogP contribution in [0.4, 0.5) is 4.79 Å². The van der Waals surface area contributed by atoms with E-state index < -0.39 is 6.09 Å². The normalized spacial score (nSPS) is 16.1. The molecule has 2 N–H and O–H groups in total. The summed E-state index contributed by atoms with van der Waals surface area (Å²) in [6.07, 6.45) is 0.425. The van der Waals surface area contributed by atoms with Gasteiger partial charge in [-0.25, -0.2) is 4.79 Å². The molecule has 1 unspecified atom stereocenters. The van der Waals surface area contributed by atoms with E-state index in [9.17, 15) is 19.2 Å². The summed E-state index contributed by atoms with van der Waals surface area (Å²) in [5.74, 6) is -0.730. The van der Waals surface area contributed by atoms with E-state index in [4.69, 9.17) is 18.9 Å². The van der Waals surface area contributed by atoms with Crippen LogP contribution in [0.2, 0.25) is 0 Å². The van der Waals surface area contributed by atoms with Crippen molar-refractivity contribution < 1.29 is 38.1 Å². The highest BCUT2D eigenvalue weighted by molar-refractivity contribution is 6.03. The van der Waals surface area contributed by atoms with E-state index >= 15 is 0 Å². The van der Waals surface area contributed by atoms with Crippen molar-refractivity contribution in [1.82, 2.24) is 15.5 Å². The second kappa shape index (κ2) is 15.6. The summed E-state index contributed by atoms with van der Waals surface area (Å²) in [6, 6.07) is 0. The Morgan fingerprint density at radius 1 is 1.00 bits per heavy atom. The Morgan fingerprint density at radius 2 is 1.67 bits per heavy atom. The largest absolute Gasteiger partial charge is 0.447 e. The second-order valence-electron chi connectivity index (χ2n) is 6.72. The number of rotatable bonds is 16. The molecular weight excluding hydrogens is 398 g/mol. The third kappa shape index (κ3) is 11.1. The zero-order chi connectivity index (χ0) is 22.2. The second-order valence-corrected chi connectivity index (χ2v) is 6.72. The number of amides is 4. The Bertz CT molecular complexity index is 558. The first-order valence-electron chi connectivity index (χ1n) is 10.1. The van der Waals surface area contributed by atoms with Crippen molar-refractivity contribution in [3.05, 3.63) is 0 Å². The van der Waals surface area contributed by atoms with Gasteiger partial charge in [0, 0.05) is 45.5 Å². The number of nitrogens with one attached hydrogen (secondary N) is 2. The molecule has 172 valence electrons. The molecule has 11 heteroatoms. The minimum absolute atomic E-state index is 0.148. The number of likely N-dealkylation sites (tertiary alicyclic amines) is 1. The van der Waals surface area contributed by atoms with Gasteiger partial charge in [-0.2, -0.15) is 0 Å². The number of carbonyl (C=O) groups is 4. The smallest absolute Gasteiger partial charge is 0.407 e. The zero-order valence-electron chi connectivity index (χ0n) is 17.8. The number of carbonyl (C=O) groups excluding carboxylic acids is 4. The lowest BCUT2D eigenvalue weighted by atomic mass is 10.1. The van der Waals surface area contributed by atoms with Crippen LogP contribution in [-0.2, 0) is 33.3 Å². The van der Waals surface area contributed by atoms with Gasteiger partial charge in [-0.05, 0) is 6.42 Å². The van der Waals surface area contributed by atoms with Crippen molar-refractivity contribution in [3.8, 4) is 0 Å². The van der Waals surface area contributed by atoms with E-state index in [0.29, 0.717) is 52.5 Å². The lowest BCUT2D eigenvalue weighted by Gasteiger charge is -2.14. The molecular formula is C19H33N3O8. The Hall–Kier alpha value is -2.24. The number of ether oxygens (including phenoxy) is 4. The van der Waals surface area contributed by atoms with Gasteiger partial charge in [-0.15, -0.1) is 0 Å². The van der Waals surface area contributed by atoms with Crippen LogP contribution in [0, 0.1) is 5.92 Å². The highest BCUT2D eigenvalue weighted by atomic mass is 16.6. The molecule has 0 aliphatic carbocycles. The van der Waals surface area contributed by atoms with Gasteiger partial charge >= 0.3 is 6.09 Å². The van der Waals surface area contributed by atoms with Crippen molar-refractivity contribution in [2.75, 3.05) is 66.4 Å². The number of hydrogen-bond acceptors (Lipinski definition) is 8. The first-order chi connectivity index (χ1) is 14.5. The fraction of sp³-hybridized carbons (Fsp3) is 0.789. The fourth-order valence-electron chi connectivity index (χ4n) is 2.65. The molecule has 0 radical (unpaired) electrons. The fourth-order valence-corrected chi connectivity index (χ4v) is 2.65. The third-order valence-corrected chi connectivity index (χ3v) is 4.23. The quantitative estimate of drug-likeness (QED) is 0.251. The van der Waals surface area contributed by atoms with Crippen LogP contribution >= 0.6 is 0 Å². The van der Waals surface area contributed by atoms with E-state index in [1.165, 1.54) is 12.0 Å². The SMILES string of the molecule is COCCOC(=O)NCCOCCOCCNC(=O)CCCN1C(=O)CC(C)C1=O. The molecule has 1 rings (SSSR count). The van der Waals surface area contributed by atoms with Crippen LogP contribution in [0.25, 0.3) is 0 Å². The van der Waals surface area contributed by atoms with E-state index in [0.717, 1.165) is 0 Å². The van der Waals surface area contributed by atoms with Crippen LogP contribution in [0.15, 0.2) is 0 Å². The highest BCUT2D eigenvalue weighted by Gasteiger charge is 2.34. The van der Waals surface area contributed by atoms with E-state index in [1.807, 2.05) is 0 Å². The number of hydrogen-bond donors (Lipinski definition) is 2. The lowest BCUT2D eigenvalue weighted by Crippen LogP contribution is -2.33. The monoisotopic (exact) mass is 431 g/mol. The maximum atomic E-state index is 11.8. The van der Waals surface area contributed by atoms with Crippen LogP contribution < -0.4 is 10.6 Å². The Morgan fingerprint density at radius 3 is 2.27 bits per heavy atom. The first-order valence-corrected chi connectivity index (χ1v) is 10.1. The van der Waals surface area contributed by atoms with Crippen LogP contribution in [0.1, 0.15) is 26.2 Å². The minimum Gasteiger partial charge on any atom is -0.447 e. The van der Waals surface area contributed by atoms with Crippen molar-refractivity contribution in [1.29, 1.82) is 0 Å². The van der Waals surface area contributed by atoms with Gasteiger partial charge in [0.2, 0.25) is 17.7 Å². The summed E-state index contributed by atoms with van der Waals surface area (Å²) in [5.41, 5.74) is 0. The van der Waals surface area contributed by atoms with Crippen LogP contribution in [0.3, 0.4) is 0 Å². The summed E-state index contributed by atoms with van der Waals surface area (Å²) in [6.45, 7) is 4.67. The van der Waals surface area contributed by atoms with Crippen molar-refractivity contribution in [2.24, 2.45) is 5.92 Å². The Kier molecular flexibility index (Phi) is 13.4. The molecule has 30 heavy (non-hydrogen) atoms. The van der Waals surface area contributed by atoms with Gasteiger partial charge < -0.3 is 29.6 Å². The molecule has 1 fully saturated rings. The summed E-state index contributed by atoms with van der Waals surface area (Å²) in [7, 11) is 1.52. The van der Waals surface area contributed by atoms with Crippen molar-refractivity contribution in [2.45, 2.75) is 26.2 Å². The van der Waals surface area contributed by atoms with E-state index in [2.05, 4.69) is 10.6 Å². The lowest BCUT2D eigenvalue weighted by molar-refractivity contribution is -0.139. The minimum atomic E-state index is -0.518. The average molecular weight is 431 g/mol. The van der Waals surface area contributed by atoms with Crippen molar-refractivity contribution >= 4 is 23.8 Å². The molecule has 1 aliphatic rings. The van der Waals surface area contributed by atoms with Gasteiger partial charge in [-0.3, -0.25) is 19.3 Å². The molecule has 0 spiro atoms. The van der Waals surface area contributed by atoms with E-state index in [-0.39, 0.29) is 49.6 Å². The predicted molar refractivity (Wildman–Crippen MR) is 106 cm³/mol. The van der Waals surface area contributed by atoms with E-state index in [1.54, 1.807) is 6.92 Å². The molecule has 1 saturated heterocycles. The summed E-state index contributed by atoms with van der Waals surface area (Å²) in [5, 5.41) is 5.26.